The Kier molecular flexibility index (Phi) is 9.83. The lowest BCUT2D eigenvalue weighted by atomic mass is 9.83. The fourth-order valence-corrected chi connectivity index (χ4v) is 3.92. The maximum atomic E-state index is 11.6. The Morgan fingerprint density at radius 2 is 1.18 bits per heavy atom. The molecule has 0 spiro atoms. The Hall–Kier alpha value is -0.130. The molecular formula is C17H37NO3S. The van der Waals surface area contributed by atoms with Gasteiger partial charge in [0, 0.05) is 11.8 Å². The molecule has 1 unspecified atom stereocenters. The second-order valence-electron chi connectivity index (χ2n) is 7.63. The van der Waals surface area contributed by atoms with Gasteiger partial charge in [-0.3, -0.25) is 0 Å². The van der Waals surface area contributed by atoms with Crippen molar-refractivity contribution in [2.24, 2.45) is 5.41 Å². The van der Waals surface area contributed by atoms with Gasteiger partial charge < -0.3 is 10.3 Å². The second-order valence-corrected chi connectivity index (χ2v) is 9.32. The van der Waals surface area contributed by atoms with Crippen molar-refractivity contribution in [2.45, 2.75) is 103 Å². The molecule has 5 heteroatoms. The fourth-order valence-electron chi connectivity index (χ4n) is 2.77. The number of quaternary nitrogens is 1. The molecule has 22 heavy (non-hydrogen) atoms. The minimum Gasteiger partial charge on any atom is -0.743 e. The molecule has 0 amide bonds. The third-order valence-electron chi connectivity index (χ3n) is 4.78. The number of hydrogen-bond acceptors (Lipinski definition) is 3. The molecule has 0 aliphatic heterocycles. The highest BCUT2D eigenvalue weighted by Crippen LogP contribution is 2.34. The Labute approximate surface area is 138 Å². The first kappa shape index (κ1) is 21.9. The summed E-state index contributed by atoms with van der Waals surface area (Å²) in [5.74, 6) is 0. The van der Waals surface area contributed by atoms with Gasteiger partial charge in [-0.2, -0.15) is 0 Å². The Balaban J connectivity index is 3.94. The van der Waals surface area contributed by atoms with E-state index in [0.717, 1.165) is 19.3 Å². The van der Waals surface area contributed by atoms with Crippen LogP contribution in [-0.4, -0.2) is 17.8 Å². The summed E-state index contributed by atoms with van der Waals surface area (Å²) in [6.45, 7) is 7.57. The Morgan fingerprint density at radius 1 is 0.818 bits per heavy atom. The maximum absolute atomic E-state index is 11.6. The van der Waals surface area contributed by atoms with E-state index >= 15 is 0 Å². The zero-order chi connectivity index (χ0) is 17.3. The molecule has 0 aliphatic carbocycles. The van der Waals surface area contributed by atoms with E-state index in [0.29, 0.717) is 6.42 Å². The van der Waals surface area contributed by atoms with Crippen LogP contribution in [0.25, 0.3) is 0 Å². The summed E-state index contributed by atoms with van der Waals surface area (Å²) in [5.41, 5.74) is 3.16. The van der Waals surface area contributed by atoms with Gasteiger partial charge in [-0.15, -0.1) is 0 Å². The highest BCUT2D eigenvalue weighted by Gasteiger charge is 2.47. The molecule has 134 valence electrons. The zero-order valence-electron chi connectivity index (χ0n) is 15.1. The molecule has 4 nitrogen and oxygen atoms in total. The largest absolute Gasteiger partial charge is 0.743 e. The molecule has 0 saturated heterocycles. The van der Waals surface area contributed by atoms with Crippen molar-refractivity contribution in [3.8, 4) is 0 Å². The van der Waals surface area contributed by atoms with Crippen molar-refractivity contribution in [2.75, 3.05) is 0 Å². The van der Waals surface area contributed by atoms with Gasteiger partial charge in [0.15, 0.2) is 15.0 Å². The average molecular weight is 336 g/mol. The molecule has 0 rings (SSSR count). The molecule has 0 aromatic rings. The molecule has 0 fully saturated rings. The number of unbranched alkanes of at least 4 members (excludes halogenated alkanes) is 9. The van der Waals surface area contributed by atoms with Crippen LogP contribution in [0.4, 0.5) is 0 Å². The molecule has 0 aromatic carbocycles. The lowest BCUT2D eigenvalue weighted by Gasteiger charge is -2.39. The standard InChI is InChI=1S/C17H37NO3S/c1-5-6-7-8-9-10-11-12-13-14-15-17(18,16(2,3)4)22(19,20)21/h5-15,18H2,1-4H3,(H,19,20,21). The number of rotatable bonds is 12. The van der Waals surface area contributed by atoms with Gasteiger partial charge >= 0.3 is 0 Å². The molecule has 0 radical (unpaired) electrons. The van der Waals surface area contributed by atoms with E-state index in [9.17, 15) is 13.0 Å². The van der Waals surface area contributed by atoms with Crippen LogP contribution in [0.3, 0.4) is 0 Å². The topological polar surface area (TPSA) is 84.8 Å². The highest BCUT2D eigenvalue weighted by molar-refractivity contribution is 7.86. The van der Waals surface area contributed by atoms with Gasteiger partial charge in [-0.25, -0.2) is 8.42 Å². The minimum atomic E-state index is -4.39. The van der Waals surface area contributed by atoms with Gasteiger partial charge in [-0.1, -0.05) is 85.5 Å². The van der Waals surface area contributed by atoms with Gasteiger partial charge in [0.1, 0.15) is 0 Å². The van der Waals surface area contributed by atoms with Crippen molar-refractivity contribution >= 4 is 10.1 Å². The number of hydrogen-bond donors (Lipinski definition) is 1. The van der Waals surface area contributed by atoms with Crippen molar-refractivity contribution in [3.05, 3.63) is 0 Å². The van der Waals surface area contributed by atoms with E-state index in [-0.39, 0.29) is 0 Å². The first-order chi connectivity index (χ1) is 10.1. The van der Waals surface area contributed by atoms with Crippen LogP contribution in [0.1, 0.15) is 98.3 Å². The predicted octanol–water partition coefficient (Wildman–Crippen LogP) is 3.83. The van der Waals surface area contributed by atoms with Crippen LogP contribution < -0.4 is 5.73 Å². The first-order valence-electron chi connectivity index (χ1n) is 8.87. The molecule has 1 atom stereocenters. The van der Waals surface area contributed by atoms with E-state index in [2.05, 4.69) is 12.7 Å². The van der Waals surface area contributed by atoms with Gasteiger partial charge in [0.2, 0.25) is 0 Å². The SMILES string of the molecule is CCCCCCCCCCCCC([NH3+])(C(C)(C)C)S(=O)(=O)[O-]. The molecule has 3 N–H and O–H groups in total. The minimum absolute atomic E-state index is 0.360. The second kappa shape index (κ2) is 9.89. The van der Waals surface area contributed by atoms with Crippen LogP contribution in [0.2, 0.25) is 0 Å². The van der Waals surface area contributed by atoms with Crippen molar-refractivity contribution < 1.29 is 18.7 Å². The van der Waals surface area contributed by atoms with Crippen LogP contribution in [-0.2, 0) is 10.1 Å². The Bertz CT molecular complexity index is 387. The van der Waals surface area contributed by atoms with Gasteiger partial charge in [0.25, 0.3) is 0 Å². The zero-order valence-corrected chi connectivity index (χ0v) is 15.9. The van der Waals surface area contributed by atoms with E-state index in [1.807, 2.05) is 0 Å². The normalized spacial score (nSPS) is 15.7. The molecule has 0 aromatic heterocycles. The molecule has 0 saturated carbocycles. The highest BCUT2D eigenvalue weighted by atomic mass is 32.2. The quantitative estimate of drug-likeness (QED) is 0.434. The maximum Gasteiger partial charge on any atom is 0.189 e. The van der Waals surface area contributed by atoms with E-state index in [4.69, 9.17) is 0 Å². The average Bonchev–Trinajstić information content (AvgIpc) is 2.38. The first-order valence-corrected chi connectivity index (χ1v) is 10.3. The van der Waals surface area contributed by atoms with Gasteiger partial charge in [-0.05, 0) is 6.42 Å². The summed E-state index contributed by atoms with van der Waals surface area (Å²) in [4.78, 5) is -1.42. The van der Waals surface area contributed by atoms with Crippen LogP contribution in [0, 0.1) is 5.41 Å². The third kappa shape index (κ3) is 7.42. The van der Waals surface area contributed by atoms with Crippen molar-refractivity contribution in [1.29, 1.82) is 0 Å². The van der Waals surface area contributed by atoms with Crippen LogP contribution in [0.5, 0.6) is 0 Å². The van der Waals surface area contributed by atoms with E-state index in [1.54, 1.807) is 20.8 Å². The molecule has 0 aliphatic rings. The molecule has 0 bridgehead atoms. The lowest BCUT2D eigenvalue weighted by molar-refractivity contribution is -0.470. The smallest absolute Gasteiger partial charge is 0.189 e. The summed E-state index contributed by atoms with van der Waals surface area (Å²) in [6.07, 6.45) is 12.3. The summed E-state index contributed by atoms with van der Waals surface area (Å²) >= 11 is 0. The monoisotopic (exact) mass is 335 g/mol. The van der Waals surface area contributed by atoms with E-state index in [1.165, 1.54) is 44.9 Å². The lowest BCUT2D eigenvalue weighted by Crippen LogP contribution is -2.81. The predicted molar refractivity (Wildman–Crippen MR) is 91.2 cm³/mol. The van der Waals surface area contributed by atoms with Crippen molar-refractivity contribution in [3.63, 3.8) is 0 Å². The Morgan fingerprint density at radius 3 is 1.50 bits per heavy atom. The molecule has 0 heterocycles. The van der Waals surface area contributed by atoms with Gasteiger partial charge in [0.05, 0.1) is 0 Å². The van der Waals surface area contributed by atoms with Crippen LogP contribution >= 0.6 is 0 Å². The van der Waals surface area contributed by atoms with E-state index < -0.39 is 20.4 Å². The fraction of sp³-hybridized carbons (Fsp3) is 1.00. The molecular weight excluding hydrogens is 298 g/mol. The summed E-state index contributed by atoms with van der Waals surface area (Å²) < 4.78 is 34.7. The van der Waals surface area contributed by atoms with Crippen LogP contribution in [0.15, 0.2) is 0 Å². The summed E-state index contributed by atoms with van der Waals surface area (Å²) in [7, 11) is -4.39. The van der Waals surface area contributed by atoms with Crippen molar-refractivity contribution in [1.82, 2.24) is 0 Å². The third-order valence-corrected chi connectivity index (χ3v) is 6.55. The summed E-state index contributed by atoms with van der Waals surface area (Å²) in [5, 5.41) is 0. The summed E-state index contributed by atoms with van der Waals surface area (Å²) in [6, 6.07) is 0.